The number of hydrogen-bond acceptors (Lipinski definition) is 3. The molecule has 0 saturated carbocycles. The number of amides is 1. The molecule has 1 amide bonds. The van der Waals surface area contributed by atoms with E-state index in [-0.39, 0.29) is 5.91 Å². The summed E-state index contributed by atoms with van der Waals surface area (Å²) >= 11 is 3.42. The topological polar surface area (TPSA) is 47.6 Å². The number of hydrogen-bond donors (Lipinski definition) is 1. The summed E-state index contributed by atoms with van der Waals surface area (Å²) in [5.41, 5.74) is 0.599. The molecule has 0 atom stereocenters. The third-order valence-electron chi connectivity index (χ3n) is 2.88. The lowest BCUT2D eigenvalue weighted by molar-refractivity contribution is 0.0955. The molecule has 116 valence electrons. The van der Waals surface area contributed by atoms with Gasteiger partial charge >= 0.3 is 0 Å². The second kappa shape index (κ2) is 8.44. The molecule has 5 heteroatoms. The van der Waals surface area contributed by atoms with E-state index in [1.807, 2.05) is 37.3 Å². The average Bonchev–Trinajstić information content (AvgIpc) is 2.54. The predicted molar refractivity (Wildman–Crippen MR) is 89.6 cm³/mol. The van der Waals surface area contributed by atoms with E-state index in [1.54, 1.807) is 18.2 Å². The normalized spacial score (nSPS) is 10.1. The first-order valence-electron chi connectivity index (χ1n) is 7.09. The average molecular weight is 364 g/mol. The fourth-order valence-electron chi connectivity index (χ4n) is 1.85. The summed E-state index contributed by atoms with van der Waals surface area (Å²) in [7, 11) is 0. The Morgan fingerprint density at radius 1 is 1.09 bits per heavy atom. The van der Waals surface area contributed by atoms with Gasteiger partial charge in [0.15, 0.2) is 0 Å². The first-order valence-corrected chi connectivity index (χ1v) is 7.88. The van der Waals surface area contributed by atoms with Crippen molar-refractivity contribution in [1.82, 2.24) is 5.32 Å². The van der Waals surface area contributed by atoms with Crippen molar-refractivity contribution in [3.8, 4) is 11.5 Å². The van der Waals surface area contributed by atoms with Gasteiger partial charge in [-0.3, -0.25) is 4.79 Å². The maximum atomic E-state index is 11.7. The second-order valence-corrected chi connectivity index (χ2v) is 5.37. The van der Waals surface area contributed by atoms with Crippen molar-refractivity contribution >= 4 is 21.8 Å². The molecule has 4 nitrogen and oxygen atoms in total. The summed E-state index contributed by atoms with van der Waals surface area (Å²) in [5.74, 6) is 1.41. The SMILES string of the molecule is CCNC(=O)c1ccc(OCCOc2ccccc2)c(Br)c1. The van der Waals surface area contributed by atoms with Crippen LogP contribution in [0.15, 0.2) is 53.0 Å². The summed E-state index contributed by atoms with van der Waals surface area (Å²) in [5, 5.41) is 2.76. The van der Waals surface area contributed by atoms with Crippen LogP contribution in [0.1, 0.15) is 17.3 Å². The van der Waals surface area contributed by atoms with E-state index >= 15 is 0 Å². The molecule has 22 heavy (non-hydrogen) atoms. The third kappa shape index (κ3) is 4.77. The van der Waals surface area contributed by atoms with Gasteiger partial charge in [0.25, 0.3) is 5.91 Å². The van der Waals surface area contributed by atoms with Crippen LogP contribution in [0.5, 0.6) is 11.5 Å². The Hall–Kier alpha value is -2.01. The van der Waals surface area contributed by atoms with Crippen molar-refractivity contribution in [2.45, 2.75) is 6.92 Å². The molecular formula is C17H18BrNO3. The Morgan fingerprint density at radius 2 is 1.82 bits per heavy atom. The van der Waals surface area contributed by atoms with Gasteiger partial charge in [-0.2, -0.15) is 0 Å². The Balaban J connectivity index is 1.84. The maximum absolute atomic E-state index is 11.7. The van der Waals surface area contributed by atoms with Crippen molar-refractivity contribution in [3.63, 3.8) is 0 Å². The number of halogens is 1. The standard InChI is InChI=1S/C17H18BrNO3/c1-2-19-17(20)13-8-9-16(15(18)12-13)22-11-10-21-14-6-4-3-5-7-14/h3-9,12H,2,10-11H2,1H3,(H,19,20). The van der Waals surface area contributed by atoms with Crippen molar-refractivity contribution in [2.75, 3.05) is 19.8 Å². The van der Waals surface area contributed by atoms with E-state index in [0.717, 1.165) is 10.2 Å². The van der Waals surface area contributed by atoms with E-state index in [9.17, 15) is 4.79 Å². The second-order valence-electron chi connectivity index (χ2n) is 4.51. The van der Waals surface area contributed by atoms with E-state index < -0.39 is 0 Å². The number of benzene rings is 2. The number of rotatable bonds is 7. The number of para-hydroxylation sites is 1. The molecule has 0 saturated heterocycles. The third-order valence-corrected chi connectivity index (χ3v) is 3.50. The minimum atomic E-state index is -0.0952. The maximum Gasteiger partial charge on any atom is 0.251 e. The predicted octanol–water partition coefficient (Wildman–Crippen LogP) is 3.66. The van der Waals surface area contributed by atoms with Gasteiger partial charge in [0.05, 0.1) is 4.47 Å². The molecule has 0 aromatic heterocycles. The molecular weight excluding hydrogens is 346 g/mol. The quantitative estimate of drug-likeness (QED) is 0.763. The molecule has 0 aliphatic carbocycles. The summed E-state index contributed by atoms with van der Waals surface area (Å²) in [6, 6.07) is 14.9. The van der Waals surface area contributed by atoms with Crippen LogP contribution in [0, 0.1) is 0 Å². The Labute approximate surface area is 138 Å². The number of nitrogens with one attached hydrogen (secondary N) is 1. The van der Waals surface area contributed by atoms with Crippen molar-refractivity contribution in [1.29, 1.82) is 0 Å². The Bertz CT molecular complexity index is 617. The van der Waals surface area contributed by atoms with E-state index in [0.29, 0.717) is 31.1 Å². The highest BCUT2D eigenvalue weighted by atomic mass is 79.9. The fraction of sp³-hybridized carbons (Fsp3) is 0.235. The monoisotopic (exact) mass is 363 g/mol. The van der Waals surface area contributed by atoms with Crippen LogP contribution in [0.25, 0.3) is 0 Å². The molecule has 0 aliphatic heterocycles. The molecule has 2 rings (SSSR count). The van der Waals surface area contributed by atoms with Gasteiger partial charge in [-0.15, -0.1) is 0 Å². The van der Waals surface area contributed by atoms with Gasteiger partial charge in [-0.25, -0.2) is 0 Å². The van der Waals surface area contributed by atoms with Crippen LogP contribution in [0.2, 0.25) is 0 Å². The van der Waals surface area contributed by atoms with Crippen molar-refractivity contribution < 1.29 is 14.3 Å². The van der Waals surface area contributed by atoms with Crippen LogP contribution in [-0.4, -0.2) is 25.7 Å². The molecule has 0 heterocycles. The molecule has 1 N–H and O–H groups in total. The van der Waals surface area contributed by atoms with Gasteiger partial charge in [-0.05, 0) is 53.2 Å². The lowest BCUT2D eigenvalue weighted by atomic mass is 10.2. The van der Waals surface area contributed by atoms with Crippen molar-refractivity contribution in [3.05, 3.63) is 58.6 Å². The van der Waals surface area contributed by atoms with E-state index in [1.165, 1.54) is 0 Å². The molecule has 0 bridgehead atoms. The first-order chi connectivity index (χ1) is 10.7. The minimum Gasteiger partial charge on any atom is -0.490 e. The molecule has 0 radical (unpaired) electrons. The van der Waals surface area contributed by atoms with Gasteiger partial charge in [0, 0.05) is 12.1 Å². The fourth-order valence-corrected chi connectivity index (χ4v) is 2.34. The number of ether oxygens (including phenoxy) is 2. The molecule has 2 aromatic rings. The largest absolute Gasteiger partial charge is 0.490 e. The Kier molecular flexibility index (Phi) is 6.27. The molecule has 2 aromatic carbocycles. The van der Waals surface area contributed by atoms with Crippen LogP contribution in [0.4, 0.5) is 0 Å². The lowest BCUT2D eigenvalue weighted by Gasteiger charge is -2.10. The van der Waals surface area contributed by atoms with E-state index in [2.05, 4.69) is 21.2 Å². The molecule has 0 fully saturated rings. The minimum absolute atomic E-state index is 0.0952. The lowest BCUT2D eigenvalue weighted by Crippen LogP contribution is -2.22. The summed E-state index contributed by atoms with van der Waals surface area (Å²) in [4.78, 5) is 11.7. The summed E-state index contributed by atoms with van der Waals surface area (Å²) in [6.45, 7) is 3.37. The van der Waals surface area contributed by atoms with Crippen LogP contribution < -0.4 is 14.8 Å². The molecule has 0 aliphatic rings. The zero-order valence-electron chi connectivity index (χ0n) is 12.3. The molecule has 0 unspecified atom stereocenters. The van der Waals surface area contributed by atoms with Gasteiger partial charge in [-0.1, -0.05) is 18.2 Å². The number of carbonyl (C=O) groups excluding carboxylic acids is 1. The highest BCUT2D eigenvalue weighted by Gasteiger charge is 2.08. The van der Waals surface area contributed by atoms with Crippen LogP contribution in [-0.2, 0) is 0 Å². The van der Waals surface area contributed by atoms with Crippen LogP contribution >= 0.6 is 15.9 Å². The van der Waals surface area contributed by atoms with Crippen molar-refractivity contribution in [2.24, 2.45) is 0 Å². The first kappa shape index (κ1) is 16.4. The van der Waals surface area contributed by atoms with Crippen LogP contribution in [0.3, 0.4) is 0 Å². The van der Waals surface area contributed by atoms with Gasteiger partial charge in [0.1, 0.15) is 24.7 Å². The highest BCUT2D eigenvalue weighted by Crippen LogP contribution is 2.26. The van der Waals surface area contributed by atoms with Gasteiger partial charge < -0.3 is 14.8 Å². The zero-order valence-corrected chi connectivity index (χ0v) is 13.9. The summed E-state index contributed by atoms with van der Waals surface area (Å²) < 4.78 is 12.0. The number of carbonyl (C=O) groups is 1. The zero-order chi connectivity index (χ0) is 15.8. The summed E-state index contributed by atoms with van der Waals surface area (Å²) in [6.07, 6.45) is 0. The molecule has 0 spiro atoms. The van der Waals surface area contributed by atoms with E-state index in [4.69, 9.17) is 9.47 Å². The highest BCUT2D eigenvalue weighted by molar-refractivity contribution is 9.10. The smallest absolute Gasteiger partial charge is 0.251 e. The van der Waals surface area contributed by atoms with Gasteiger partial charge in [0.2, 0.25) is 0 Å². The Morgan fingerprint density at radius 3 is 2.50 bits per heavy atom.